The van der Waals surface area contributed by atoms with Gasteiger partial charge in [0.2, 0.25) is 5.95 Å². The van der Waals surface area contributed by atoms with Gasteiger partial charge in [0, 0.05) is 19.6 Å². The third-order valence-corrected chi connectivity index (χ3v) is 2.32. The van der Waals surface area contributed by atoms with Gasteiger partial charge in [-0.25, -0.2) is 9.97 Å². The monoisotopic (exact) mass is 220 g/mol. The number of nitrogens with two attached hydrogens (primary N) is 1. The number of hydrogen-bond acceptors (Lipinski definition) is 5. The van der Waals surface area contributed by atoms with E-state index in [0.717, 1.165) is 16.9 Å². The molecule has 0 radical (unpaired) electrons. The van der Waals surface area contributed by atoms with Gasteiger partial charge in [0.1, 0.15) is 5.52 Å². The average Bonchev–Trinajstić information content (AvgIpc) is 2.58. The first-order valence-electron chi connectivity index (χ1n) is 5.23. The summed E-state index contributed by atoms with van der Waals surface area (Å²) in [6.45, 7) is 4.51. The van der Waals surface area contributed by atoms with Crippen molar-refractivity contribution in [2.24, 2.45) is 12.8 Å². The third kappa shape index (κ3) is 1.96. The van der Waals surface area contributed by atoms with Crippen LogP contribution in [0.25, 0.3) is 11.2 Å². The van der Waals surface area contributed by atoms with Crippen molar-refractivity contribution in [1.82, 2.24) is 19.5 Å². The minimum Gasteiger partial charge on any atom is -0.353 e. The molecular weight excluding hydrogens is 204 g/mol. The van der Waals surface area contributed by atoms with Crippen molar-refractivity contribution < 1.29 is 0 Å². The van der Waals surface area contributed by atoms with Gasteiger partial charge in [0.05, 0.1) is 12.0 Å². The van der Waals surface area contributed by atoms with E-state index < -0.39 is 0 Å². The van der Waals surface area contributed by atoms with Crippen LogP contribution in [0.3, 0.4) is 0 Å². The smallest absolute Gasteiger partial charge is 0.225 e. The molecule has 0 aliphatic heterocycles. The van der Waals surface area contributed by atoms with Gasteiger partial charge in [0.25, 0.3) is 0 Å². The molecule has 0 saturated heterocycles. The van der Waals surface area contributed by atoms with Crippen LogP contribution in [0.5, 0.6) is 0 Å². The summed E-state index contributed by atoms with van der Waals surface area (Å²) in [7, 11) is 1.91. The van der Waals surface area contributed by atoms with Gasteiger partial charge in [-0.2, -0.15) is 4.98 Å². The Bertz CT molecular complexity index is 501. The highest BCUT2D eigenvalue weighted by Crippen LogP contribution is 2.14. The fourth-order valence-corrected chi connectivity index (χ4v) is 1.48. The maximum absolute atomic E-state index is 5.67. The fourth-order valence-electron chi connectivity index (χ4n) is 1.48. The first kappa shape index (κ1) is 10.8. The molecule has 0 aliphatic rings. The van der Waals surface area contributed by atoms with Crippen LogP contribution in [0.4, 0.5) is 5.95 Å². The molecule has 1 unspecified atom stereocenters. The maximum atomic E-state index is 5.67. The zero-order valence-electron chi connectivity index (χ0n) is 9.73. The maximum Gasteiger partial charge on any atom is 0.225 e. The van der Waals surface area contributed by atoms with Gasteiger partial charge in [-0.1, -0.05) is 0 Å². The molecule has 3 N–H and O–H groups in total. The highest BCUT2D eigenvalue weighted by atomic mass is 15.2. The van der Waals surface area contributed by atoms with E-state index >= 15 is 0 Å². The van der Waals surface area contributed by atoms with E-state index in [4.69, 9.17) is 5.73 Å². The summed E-state index contributed by atoms with van der Waals surface area (Å²) < 4.78 is 1.88. The lowest BCUT2D eigenvalue weighted by Gasteiger charge is -2.08. The van der Waals surface area contributed by atoms with Gasteiger partial charge in [-0.3, -0.25) is 0 Å². The molecule has 2 rings (SSSR count). The van der Waals surface area contributed by atoms with Crippen LogP contribution >= 0.6 is 0 Å². The summed E-state index contributed by atoms with van der Waals surface area (Å²) in [5.41, 5.74) is 8.21. The molecule has 2 aromatic rings. The summed E-state index contributed by atoms with van der Waals surface area (Å²) in [5, 5.41) is 3.11. The molecule has 1 atom stereocenters. The van der Waals surface area contributed by atoms with Crippen LogP contribution in [0, 0.1) is 6.92 Å². The predicted octanol–water partition coefficient (Wildman–Crippen LogP) is 0.431. The second-order valence-corrected chi connectivity index (χ2v) is 4.02. The summed E-state index contributed by atoms with van der Waals surface area (Å²) in [6, 6.07) is 0.0751. The summed E-state index contributed by atoms with van der Waals surface area (Å²) in [6.07, 6.45) is 1.74. The van der Waals surface area contributed by atoms with Gasteiger partial charge in [0.15, 0.2) is 5.65 Å². The fraction of sp³-hybridized carbons (Fsp3) is 0.500. The number of hydrogen-bond donors (Lipinski definition) is 2. The van der Waals surface area contributed by atoms with E-state index in [1.165, 1.54) is 0 Å². The molecule has 0 aromatic carbocycles. The lowest BCUT2D eigenvalue weighted by atomic mass is 10.3. The molecule has 0 fully saturated rings. The summed E-state index contributed by atoms with van der Waals surface area (Å²) in [5.74, 6) is 0.603. The standard InChI is InChI=1S/C10H16N6/c1-6(11)4-12-10-14-7(2)8-9(15-10)16(3)5-13-8/h5-6H,4,11H2,1-3H3,(H,12,14,15). The normalized spacial score (nSPS) is 13.0. The van der Waals surface area contributed by atoms with Gasteiger partial charge in [-0.15, -0.1) is 0 Å². The Morgan fingerprint density at radius 1 is 1.50 bits per heavy atom. The number of aromatic nitrogens is 4. The summed E-state index contributed by atoms with van der Waals surface area (Å²) >= 11 is 0. The van der Waals surface area contributed by atoms with Crippen LogP contribution in [0.2, 0.25) is 0 Å². The number of fused-ring (bicyclic) bond motifs is 1. The molecule has 0 amide bonds. The molecule has 0 bridgehead atoms. The predicted molar refractivity (Wildman–Crippen MR) is 63.2 cm³/mol. The lowest BCUT2D eigenvalue weighted by molar-refractivity contribution is 0.773. The quantitative estimate of drug-likeness (QED) is 0.784. The molecule has 6 nitrogen and oxygen atoms in total. The van der Waals surface area contributed by atoms with Crippen LogP contribution in [0.15, 0.2) is 6.33 Å². The Labute approximate surface area is 93.9 Å². The second-order valence-electron chi connectivity index (χ2n) is 4.02. The highest BCUT2D eigenvalue weighted by molar-refractivity contribution is 5.74. The Hall–Kier alpha value is -1.69. The summed E-state index contributed by atoms with van der Waals surface area (Å²) in [4.78, 5) is 13.0. The van der Waals surface area contributed by atoms with Gasteiger partial charge >= 0.3 is 0 Å². The Kier molecular flexibility index (Phi) is 2.74. The first-order valence-corrected chi connectivity index (χ1v) is 5.23. The molecular formula is C10H16N6. The van der Waals surface area contributed by atoms with Crippen molar-refractivity contribution >= 4 is 17.1 Å². The molecule has 0 spiro atoms. The second kappa shape index (κ2) is 4.05. The topological polar surface area (TPSA) is 81.7 Å². The van der Waals surface area contributed by atoms with Crippen molar-refractivity contribution in [3.8, 4) is 0 Å². The van der Waals surface area contributed by atoms with E-state index in [-0.39, 0.29) is 6.04 Å². The highest BCUT2D eigenvalue weighted by Gasteiger charge is 2.08. The van der Waals surface area contributed by atoms with E-state index in [1.807, 2.05) is 25.5 Å². The third-order valence-electron chi connectivity index (χ3n) is 2.32. The zero-order valence-corrected chi connectivity index (χ0v) is 9.73. The minimum absolute atomic E-state index is 0.0751. The molecule has 0 aliphatic carbocycles. The SMILES string of the molecule is Cc1nc(NCC(C)N)nc2c1ncn2C. The van der Waals surface area contributed by atoms with Gasteiger partial charge in [-0.05, 0) is 13.8 Å². The van der Waals surface area contributed by atoms with Crippen LogP contribution < -0.4 is 11.1 Å². The van der Waals surface area contributed by atoms with Crippen molar-refractivity contribution in [3.05, 3.63) is 12.0 Å². The number of imidazole rings is 1. The first-order chi connectivity index (χ1) is 7.58. The number of nitrogens with zero attached hydrogens (tertiary/aromatic N) is 4. The molecule has 86 valence electrons. The van der Waals surface area contributed by atoms with E-state index in [0.29, 0.717) is 12.5 Å². The van der Waals surface area contributed by atoms with E-state index in [9.17, 15) is 0 Å². The molecule has 6 heteroatoms. The molecule has 16 heavy (non-hydrogen) atoms. The Morgan fingerprint density at radius 2 is 2.25 bits per heavy atom. The zero-order chi connectivity index (χ0) is 11.7. The van der Waals surface area contributed by atoms with Crippen LogP contribution in [-0.4, -0.2) is 32.1 Å². The van der Waals surface area contributed by atoms with E-state index in [2.05, 4.69) is 20.3 Å². The number of rotatable bonds is 3. The van der Waals surface area contributed by atoms with Gasteiger partial charge < -0.3 is 15.6 Å². The number of nitrogens with one attached hydrogen (secondary N) is 1. The number of anilines is 1. The van der Waals surface area contributed by atoms with Crippen LogP contribution in [0.1, 0.15) is 12.6 Å². The van der Waals surface area contributed by atoms with Crippen molar-refractivity contribution in [2.45, 2.75) is 19.9 Å². The Balaban J connectivity index is 2.36. The van der Waals surface area contributed by atoms with E-state index in [1.54, 1.807) is 6.33 Å². The van der Waals surface area contributed by atoms with Crippen molar-refractivity contribution in [1.29, 1.82) is 0 Å². The average molecular weight is 220 g/mol. The molecule has 2 heterocycles. The molecule has 2 aromatic heterocycles. The largest absolute Gasteiger partial charge is 0.353 e. The number of aryl methyl sites for hydroxylation is 2. The Morgan fingerprint density at radius 3 is 2.94 bits per heavy atom. The van der Waals surface area contributed by atoms with Crippen LogP contribution in [-0.2, 0) is 7.05 Å². The lowest BCUT2D eigenvalue weighted by Crippen LogP contribution is -2.26. The molecule has 0 saturated carbocycles. The minimum atomic E-state index is 0.0751. The van der Waals surface area contributed by atoms with Crippen molar-refractivity contribution in [2.75, 3.05) is 11.9 Å². The van der Waals surface area contributed by atoms with Crippen molar-refractivity contribution in [3.63, 3.8) is 0 Å².